The van der Waals surface area contributed by atoms with Crippen LogP contribution >= 0.6 is 0 Å². The Bertz CT molecular complexity index is 589. The van der Waals surface area contributed by atoms with Gasteiger partial charge in [0.1, 0.15) is 6.54 Å². The van der Waals surface area contributed by atoms with E-state index in [-0.39, 0.29) is 24.6 Å². The van der Waals surface area contributed by atoms with Crippen LogP contribution in [0.1, 0.15) is 5.76 Å². The van der Waals surface area contributed by atoms with E-state index in [2.05, 4.69) is 10.5 Å². The summed E-state index contributed by atoms with van der Waals surface area (Å²) in [6.45, 7) is 0.147. The fraction of sp³-hybridized carbons (Fsp3) is 0.182. The highest BCUT2D eigenvalue weighted by atomic mass is 16.5. The van der Waals surface area contributed by atoms with E-state index in [1.54, 1.807) is 6.07 Å². The molecule has 2 aromatic rings. The van der Waals surface area contributed by atoms with E-state index in [4.69, 9.17) is 10.3 Å². The fourth-order valence-electron chi connectivity index (χ4n) is 1.40. The second kappa shape index (κ2) is 5.17. The highest BCUT2D eigenvalue weighted by molar-refractivity contribution is 5.75. The van der Waals surface area contributed by atoms with Crippen LogP contribution in [0.4, 0.5) is 5.69 Å². The van der Waals surface area contributed by atoms with Crippen molar-refractivity contribution in [1.82, 2.24) is 15.0 Å². The van der Waals surface area contributed by atoms with Crippen molar-refractivity contribution >= 4 is 11.6 Å². The van der Waals surface area contributed by atoms with E-state index in [9.17, 15) is 9.59 Å². The van der Waals surface area contributed by atoms with E-state index >= 15 is 0 Å². The molecule has 0 aliphatic rings. The molecule has 0 aliphatic carbocycles. The molecule has 0 atom stereocenters. The van der Waals surface area contributed by atoms with Crippen LogP contribution in [0.15, 0.2) is 39.9 Å². The average Bonchev–Trinajstić information content (AvgIpc) is 2.84. The Labute approximate surface area is 102 Å². The van der Waals surface area contributed by atoms with Crippen LogP contribution in [0.5, 0.6) is 0 Å². The zero-order chi connectivity index (χ0) is 13.0. The van der Waals surface area contributed by atoms with Gasteiger partial charge in [0.05, 0.1) is 12.7 Å². The SMILES string of the molecule is Nc1ccc(=O)n(CC(=O)NCc2ccno2)c1. The molecule has 2 rings (SSSR count). The summed E-state index contributed by atoms with van der Waals surface area (Å²) in [5, 5.41) is 6.12. The topological polar surface area (TPSA) is 103 Å². The minimum Gasteiger partial charge on any atom is -0.398 e. The lowest BCUT2D eigenvalue weighted by Gasteiger charge is -2.06. The summed E-state index contributed by atoms with van der Waals surface area (Å²) in [6, 6.07) is 4.46. The summed E-state index contributed by atoms with van der Waals surface area (Å²) in [4.78, 5) is 23.0. The summed E-state index contributed by atoms with van der Waals surface area (Å²) >= 11 is 0. The molecule has 0 bridgehead atoms. The van der Waals surface area contributed by atoms with Gasteiger partial charge in [-0.3, -0.25) is 9.59 Å². The molecule has 0 saturated carbocycles. The number of aromatic nitrogens is 2. The van der Waals surface area contributed by atoms with Gasteiger partial charge in [-0.1, -0.05) is 5.16 Å². The molecule has 18 heavy (non-hydrogen) atoms. The summed E-state index contributed by atoms with van der Waals surface area (Å²) in [5.41, 5.74) is 5.69. The van der Waals surface area contributed by atoms with E-state index in [1.807, 2.05) is 0 Å². The van der Waals surface area contributed by atoms with E-state index in [1.165, 1.54) is 29.1 Å². The quantitative estimate of drug-likeness (QED) is 0.775. The van der Waals surface area contributed by atoms with Crippen molar-refractivity contribution in [2.45, 2.75) is 13.1 Å². The number of nitrogens with zero attached hydrogens (tertiary/aromatic N) is 2. The van der Waals surface area contributed by atoms with E-state index < -0.39 is 0 Å². The lowest BCUT2D eigenvalue weighted by atomic mass is 10.4. The van der Waals surface area contributed by atoms with Gasteiger partial charge in [-0.25, -0.2) is 0 Å². The minimum absolute atomic E-state index is 0.0853. The maximum atomic E-state index is 11.6. The van der Waals surface area contributed by atoms with Crippen LogP contribution in [0, 0.1) is 0 Å². The zero-order valence-electron chi connectivity index (χ0n) is 9.50. The van der Waals surface area contributed by atoms with Gasteiger partial charge in [-0.05, 0) is 6.07 Å². The average molecular weight is 248 g/mol. The number of hydrogen-bond acceptors (Lipinski definition) is 5. The lowest BCUT2D eigenvalue weighted by molar-refractivity contribution is -0.122. The highest BCUT2D eigenvalue weighted by Crippen LogP contribution is 1.97. The predicted octanol–water partition coefficient (Wildman–Crippen LogP) is -0.265. The Morgan fingerprint density at radius 2 is 2.28 bits per heavy atom. The molecule has 0 radical (unpaired) electrons. The van der Waals surface area contributed by atoms with Gasteiger partial charge < -0.3 is 20.1 Å². The summed E-state index contributed by atoms with van der Waals surface area (Å²) in [5.74, 6) is 0.238. The molecular weight excluding hydrogens is 236 g/mol. The molecule has 0 fully saturated rings. The molecule has 3 N–H and O–H groups in total. The number of anilines is 1. The van der Waals surface area contributed by atoms with Crippen molar-refractivity contribution in [1.29, 1.82) is 0 Å². The first-order valence-electron chi connectivity index (χ1n) is 5.27. The molecule has 2 aromatic heterocycles. The van der Waals surface area contributed by atoms with Crippen LogP contribution in [-0.2, 0) is 17.9 Å². The number of hydrogen-bond donors (Lipinski definition) is 2. The molecule has 94 valence electrons. The van der Waals surface area contributed by atoms with E-state index in [0.717, 1.165) is 0 Å². The molecule has 1 amide bonds. The molecule has 0 unspecified atom stereocenters. The van der Waals surface area contributed by atoms with Crippen LogP contribution in [-0.4, -0.2) is 15.6 Å². The van der Waals surface area contributed by atoms with Gasteiger partial charge in [0.15, 0.2) is 5.76 Å². The third-order valence-electron chi connectivity index (χ3n) is 2.27. The largest absolute Gasteiger partial charge is 0.398 e. The van der Waals surface area contributed by atoms with Gasteiger partial charge in [0.2, 0.25) is 5.91 Å². The summed E-state index contributed by atoms with van der Waals surface area (Å²) in [6.07, 6.45) is 2.92. The van der Waals surface area contributed by atoms with Gasteiger partial charge >= 0.3 is 0 Å². The molecule has 7 heteroatoms. The van der Waals surface area contributed by atoms with Crippen molar-refractivity contribution in [3.05, 3.63) is 46.7 Å². The molecule has 0 saturated heterocycles. The van der Waals surface area contributed by atoms with Crippen molar-refractivity contribution in [2.75, 3.05) is 5.73 Å². The summed E-state index contributed by atoms with van der Waals surface area (Å²) < 4.78 is 6.06. The lowest BCUT2D eigenvalue weighted by Crippen LogP contribution is -2.31. The van der Waals surface area contributed by atoms with Crippen molar-refractivity contribution in [3.63, 3.8) is 0 Å². The first-order valence-corrected chi connectivity index (χ1v) is 5.27. The fourth-order valence-corrected chi connectivity index (χ4v) is 1.40. The third-order valence-corrected chi connectivity index (χ3v) is 2.27. The third kappa shape index (κ3) is 2.97. The summed E-state index contributed by atoms with van der Waals surface area (Å²) in [7, 11) is 0. The monoisotopic (exact) mass is 248 g/mol. The first kappa shape index (κ1) is 11.9. The number of amides is 1. The molecule has 0 aliphatic heterocycles. The Balaban J connectivity index is 1.95. The van der Waals surface area contributed by atoms with Crippen LogP contribution in [0.3, 0.4) is 0 Å². The second-order valence-electron chi connectivity index (χ2n) is 3.68. The van der Waals surface area contributed by atoms with Crippen LogP contribution in [0.25, 0.3) is 0 Å². The Morgan fingerprint density at radius 1 is 1.44 bits per heavy atom. The molecular formula is C11H12N4O3. The number of nitrogens with two attached hydrogens (primary N) is 1. The Kier molecular flexibility index (Phi) is 3.42. The maximum Gasteiger partial charge on any atom is 0.251 e. The molecule has 2 heterocycles. The number of rotatable bonds is 4. The molecule has 0 spiro atoms. The number of nitrogens with one attached hydrogen (secondary N) is 1. The number of carbonyl (C=O) groups is 1. The second-order valence-corrected chi connectivity index (χ2v) is 3.68. The van der Waals surface area contributed by atoms with Gasteiger partial charge in [-0.2, -0.15) is 0 Å². The first-order chi connectivity index (χ1) is 8.65. The number of carbonyl (C=O) groups excluding carboxylic acids is 1. The van der Waals surface area contributed by atoms with Crippen molar-refractivity contribution < 1.29 is 9.32 Å². The Hall–Kier alpha value is -2.57. The van der Waals surface area contributed by atoms with E-state index in [0.29, 0.717) is 11.4 Å². The standard InChI is InChI=1S/C11H12N4O3/c12-8-1-2-11(17)15(6-8)7-10(16)13-5-9-3-4-14-18-9/h1-4,6H,5,7,12H2,(H,13,16). The maximum absolute atomic E-state index is 11.6. The number of nitrogen functional groups attached to an aromatic ring is 1. The smallest absolute Gasteiger partial charge is 0.251 e. The molecule has 0 aromatic carbocycles. The van der Waals surface area contributed by atoms with Crippen LogP contribution < -0.4 is 16.6 Å². The predicted molar refractivity (Wildman–Crippen MR) is 63.5 cm³/mol. The van der Waals surface area contributed by atoms with Crippen LogP contribution in [0.2, 0.25) is 0 Å². The van der Waals surface area contributed by atoms with Crippen molar-refractivity contribution in [3.8, 4) is 0 Å². The van der Waals surface area contributed by atoms with Gasteiger partial charge in [0, 0.05) is 24.0 Å². The zero-order valence-corrected chi connectivity index (χ0v) is 9.50. The number of pyridine rings is 1. The highest BCUT2D eigenvalue weighted by Gasteiger charge is 2.05. The Morgan fingerprint density at radius 3 is 3.00 bits per heavy atom. The minimum atomic E-state index is -0.306. The van der Waals surface area contributed by atoms with Crippen molar-refractivity contribution in [2.24, 2.45) is 0 Å². The normalized spacial score (nSPS) is 10.2. The molecule has 7 nitrogen and oxygen atoms in total. The van der Waals surface area contributed by atoms with Gasteiger partial charge in [0.25, 0.3) is 5.56 Å². The van der Waals surface area contributed by atoms with Gasteiger partial charge in [-0.15, -0.1) is 0 Å².